The summed E-state index contributed by atoms with van der Waals surface area (Å²) in [6.07, 6.45) is 8.34. The Balaban J connectivity index is 2.24. The van der Waals surface area contributed by atoms with E-state index in [1.807, 2.05) is 51.1 Å². The van der Waals surface area contributed by atoms with Gasteiger partial charge in [0.2, 0.25) is 10.0 Å². The first-order valence-corrected chi connectivity index (χ1v) is 14.7. The molecule has 0 radical (unpaired) electrons. The molecule has 5 nitrogen and oxygen atoms in total. The van der Waals surface area contributed by atoms with Crippen LogP contribution < -0.4 is 4.72 Å². The van der Waals surface area contributed by atoms with E-state index in [2.05, 4.69) is 23.5 Å². The fourth-order valence-corrected chi connectivity index (χ4v) is 5.98. The van der Waals surface area contributed by atoms with Gasteiger partial charge in [0.05, 0.1) is 18.0 Å². The molecule has 0 aliphatic heterocycles. The third-order valence-electron chi connectivity index (χ3n) is 6.48. The molecule has 0 saturated heterocycles. The highest BCUT2D eigenvalue weighted by molar-refractivity contribution is 7.90. The second-order valence-corrected chi connectivity index (χ2v) is 11.5. The Labute approximate surface area is 204 Å². The zero-order valence-electron chi connectivity index (χ0n) is 21.9. The molecular formula is C27H50N2O3S. The minimum atomic E-state index is -3.31. The third kappa shape index (κ3) is 13.5. The largest absolute Gasteiger partial charge is 0.374 e. The predicted molar refractivity (Wildman–Crippen MR) is 141 cm³/mol. The van der Waals surface area contributed by atoms with Gasteiger partial charge in [-0.15, -0.1) is 0 Å². The van der Waals surface area contributed by atoms with Crippen molar-refractivity contribution in [3.8, 4) is 0 Å². The molecule has 0 fully saturated rings. The normalized spacial score (nSPS) is 14.2. The van der Waals surface area contributed by atoms with Crippen LogP contribution in [0, 0.1) is 5.92 Å². The molecule has 1 N–H and O–H groups in total. The lowest BCUT2D eigenvalue weighted by molar-refractivity contribution is 0.0456. The van der Waals surface area contributed by atoms with E-state index in [0.29, 0.717) is 19.6 Å². The molecule has 1 aromatic carbocycles. The van der Waals surface area contributed by atoms with Gasteiger partial charge in [0.15, 0.2) is 0 Å². The van der Waals surface area contributed by atoms with Crippen LogP contribution in [0.2, 0.25) is 0 Å². The Hall–Kier alpha value is -0.950. The van der Waals surface area contributed by atoms with Crippen LogP contribution in [0.3, 0.4) is 0 Å². The van der Waals surface area contributed by atoms with Crippen LogP contribution in [0.5, 0.6) is 0 Å². The molecule has 2 atom stereocenters. The van der Waals surface area contributed by atoms with Crippen LogP contribution >= 0.6 is 0 Å². The number of hydrogen-bond donors (Lipinski definition) is 1. The van der Waals surface area contributed by atoms with Crippen molar-refractivity contribution in [1.29, 1.82) is 0 Å². The Morgan fingerprint density at radius 1 is 0.879 bits per heavy atom. The SMILES string of the molecule is CCN(CC)CCCCCCCCNS(=O)(=O)C(CCC(C)OCc1ccccc1)C(C)C. The lowest BCUT2D eigenvalue weighted by Crippen LogP contribution is -2.38. The molecule has 0 aliphatic carbocycles. The molecule has 0 aromatic heterocycles. The summed E-state index contributed by atoms with van der Waals surface area (Å²) in [6.45, 7) is 15.0. The quantitative estimate of drug-likeness (QED) is 0.232. The van der Waals surface area contributed by atoms with Crippen LogP contribution in [0.25, 0.3) is 0 Å². The van der Waals surface area contributed by atoms with E-state index in [1.54, 1.807) is 0 Å². The average Bonchev–Trinajstić information content (AvgIpc) is 2.79. The highest BCUT2D eigenvalue weighted by Gasteiger charge is 2.28. The van der Waals surface area contributed by atoms with Crippen molar-refractivity contribution >= 4 is 10.0 Å². The van der Waals surface area contributed by atoms with E-state index in [0.717, 1.165) is 37.9 Å². The first-order valence-electron chi connectivity index (χ1n) is 13.2. The second kappa shape index (κ2) is 17.5. The van der Waals surface area contributed by atoms with Gasteiger partial charge in [-0.25, -0.2) is 13.1 Å². The maximum atomic E-state index is 12.9. The van der Waals surface area contributed by atoms with Crippen molar-refractivity contribution in [2.75, 3.05) is 26.2 Å². The molecule has 0 bridgehead atoms. The van der Waals surface area contributed by atoms with Gasteiger partial charge < -0.3 is 9.64 Å². The molecule has 1 rings (SSSR count). The highest BCUT2D eigenvalue weighted by Crippen LogP contribution is 2.20. The van der Waals surface area contributed by atoms with Gasteiger partial charge in [0.25, 0.3) is 0 Å². The van der Waals surface area contributed by atoms with E-state index in [9.17, 15) is 8.42 Å². The minimum Gasteiger partial charge on any atom is -0.374 e. The average molecular weight is 483 g/mol. The fourth-order valence-electron chi connectivity index (χ4n) is 4.17. The molecule has 2 unspecified atom stereocenters. The smallest absolute Gasteiger partial charge is 0.214 e. The number of unbranched alkanes of at least 4 members (excludes halogenated alkanes) is 5. The Morgan fingerprint density at radius 3 is 2.09 bits per heavy atom. The van der Waals surface area contributed by atoms with E-state index >= 15 is 0 Å². The summed E-state index contributed by atoms with van der Waals surface area (Å²) in [5.74, 6) is 0.0784. The van der Waals surface area contributed by atoms with Crippen molar-refractivity contribution < 1.29 is 13.2 Å². The molecule has 1 aromatic rings. The lowest BCUT2D eigenvalue weighted by Gasteiger charge is -2.23. The molecular weight excluding hydrogens is 432 g/mol. The van der Waals surface area contributed by atoms with Gasteiger partial charge in [0, 0.05) is 6.54 Å². The molecule has 6 heteroatoms. The second-order valence-electron chi connectivity index (χ2n) is 9.55. The number of hydrogen-bond acceptors (Lipinski definition) is 4. The molecule has 0 aliphatic rings. The maximum absolute atomic E-state index is 12.9. The van der Waals surface area contributed by atoms with Gasteiger partial charge in [0.1, 0.15) is 0 Å². The standard InChI is InChI=1S/C27H50N2O3S/c1-6-29(7-2)22-16-11-9-8-10-15-21-28-33(30,31)27(24(3)4)20-19-25(5)32-23-26-17-13-12-14-18-26/h12-14,17-18,24-25,27-28H,6-11,15-16,19-23H2,1-5H3. The summed E-state index contributed by atoms with van der Waals surface area (Å²) in [5, 5.41) is -0.375. The first-order chi connectivity index (χ1) is 15.8. The van der Waals surface area contributed by atoms with Crippen molar-refractivity contribution in [3.05, 3.63) is 35.9 Å². The number of nitrogens with one attached hydrogen (secondary N) is 1. The van der Waals surface area contributed by atoms with Crippen LogP contribution in [0.15, 0.2) is 30.3 Å². The molecule has 0 amide bonds. The van der Waals surface area contributed by atoms with Crippen LogP contribution in [0.1, 0.15) is 91.5 Å². The molecule has 0 saturated carbocycles. The monoisotopic (exact) mass is 482 g/mol. The minimum absolute atomic E-state index is 0.0309. The maximum Gasteiger partial charge on any atom is 0.214 e. The van der Waals surface area contributed by atoms with Crippen LogP contribution in [-0.2, 0) is 21.4 Å². The number of benzene rings is 1. The molecule has 0 heterocycles. The van der Waals surface area contributed by atoms with Gasteiger partial charge in [-0.1, -0.05) is 83.7 Å². The summed E-state index contributed by atoms with van der Waals surface area (Å²) < 4.78 is 34.6. The lowest BCUT2D eigenvalue weighted by atomic mass is 10.0. The van der Waals surface area contributed by atoms with Crippen molar-refractivity contribution in [1.82, 2.24) is 9.62 Å². The molecule has 192 valence electrons. The topological polar surface area (TPSA) is 58.6 Å². The van der Waals surface area contributed by atoms with Gasteiger partial charge in [-0.3, -0.25) is 0 Å². The summed E-state index contributed by atoms with van der Waals surface area (Å²) in [6, 6.07) is 10.1. The predicted octanol–water partition coefficient (Wildman–Crippen LogP) is 6.00. The molecule has 0 spiro atoms. The Morgan fingerprint density at radius 2 is 1.48 bits per heavy atom. The fraction of sp³-hybridized carbons (Fsp3) is 0.778. The van der Waals surface area contributed by atoms with E-state index < -0.39 is 10.0 Å². The van der Waals surface area contributed by atoms with Crippen LogP contribution in [-0.4, -0.2) is 50.9 Å². The van der Waals surface area contributed by atoms with Crippen LogP contribution in [0.4, 0.5) is 0 Å². The molecule has 33 heavy (non-hydrogen) atoms. The van der Waals surface area contributed by atoms with Crippen molar-refractivity contribution in [2.45, 2.75) is 104 Å². The first kappa shape index (κ1) is 30.1. The van der Waals surface area contributed by atoms with Crippen molar-refractivity contribution in [2.24, 2.45) is 5.92 Å². The van der Waals surface area contributed by atoms with E-state index in [4.69, 9.17) is 4.74 Å². The summed E-state index contributed by atoms with van der Waals surface area (Å²) in [5.41, 5.74) is 1.14. The van der Waals surface area contributed by atoms with Crippen molar-refractivity contribution in [3.63, 3.8) is 0 Å². The number of rotatable bonds is 20. The Kier molecular flexibility index (Phi) is 15.9. The Bertz CT molecular complexity index is 691. The third-order valence-corrected chi connectivity index (χ3v) is 8.66. The number of nitrogens with zero attached hydrogens (tertiary/aromatic N) is 1. The zero-order chi connectivity index (χ0) is 24.5. The summed E-state index contributed by atoms with van der Waals surface area (Å²) >= 11 is 0. The summed E-state index contributed by atoms with van der Waals surface area (Å²) in [7, 11) is -3.31. The van der Waals surface area contributed by atoms with Gasteiger partial charge in [-0.05, 0) is 63.7 Å². The van der Waals surface area contributed by atoms with E-state index in [1.165, 1.54) is 32.2 Å². The summed E-state index contributed by atoms with van der Waals surface area (Å²) in [4.78, 5) is 2.47. The highest BCUT2D eigenvalue weighted by atomic mass is 32.2. The van der Waals surface area contributed by atoms with Gasteiger partial charge >= 0.3 is 0 Å². The number of ether oxygens (including phenoxy) is 1. The van der Waals surface area contributed by atoms with E-state index in [-0.39, 0.29) is 17.3 Å². The number of sulfonamides is 1. The van der Waals surface area contributed by atoms with Gasteiger partial charge in [-0.2, -0.15) is 0 Å². The zero-order valence-corrected chi connectivity index (χ0v) is 22.7.